The molecule has 1 atom stereocenters. The number of carbonyl (C=O) groups excluding carboxylic acids is 1. The Balaban J connectivity index is 3.02. The molecule has 4 nitrogen and oxygen atoms in total. The van der Waals surface area contributed by atoms with Crippen molar-refractivity contribution in [2.75, 3.05) is 0 Å². The average Bonchev–Trinajstić information content (AvgIpc) is 2.15. The third kappa shape index (κ3) is 2.25. The maximum atomic E-state index is 10.6. The first-order chi connectivity index (χ1) is 6.25. The van der Waals surface area contributed by atoms with Gasteiger partial charge in [0.25, 0.3) is 0 Å². The molecule has 0 amide bonds. The third-order valence-electron chi connectivity index (χ3n) is 1.53. The van der Waals surface area contributed by atoms with E-state index in [0.717, 1.165) is 0 Å². The van der Waals surface area contributed by atoms with Crippen LogP contribution in [0.4, 0.5) is 0 Å². The van der Waals surface area contributed by atoms with E-state index in [1.807, 2.05) is 0 Å². The van der Waals surface area contributed by atoms with Crippen molar-refractivity contribution in [2.45, 2.75) is 6.04 Å². The van der Waals surface area contributed by atoms with Crippen molar-refractivity contribution < 1.29 is 14.7 Å². The molecule has 1 aromatic carbocycles. The normalized spacial score (nSPS) is 11.4. The van der Waals surface area contributed by atoms with Crippen molar-refractivity contribution in [1.82, 2.24) is 0 Å². The molecule has 1 N–H and O–H groups in total. The minimum absolute atomic E-state index is 0.471. The Morgan fingerprint density at radius 3 is 2.46 bits per heavy atom. The van der Waals surface area contributed by atoms with E-state index in [1.54, 1.807) is 30.3 Å². The molecule has 0 aliphatic heterocycles. The molecule has 13 heavy (non-hydrogen) atoms. The highest BCUT2D eigenvalue weighted by Crippen LogP contribution is 2.15. The number of hydrogen-bond donors (Lipinski definition) is 1. The van der Waals surface area contributed by atoms with Crippen molar-refractivity contribution in [3.05, 3.63) is 35.9 Å². The lowest BCUT2D eigenvalue weighted by molar-refractivity contribution is -0.138. The molecular weight excluding hydrogens is 170 g/mol. The van der Waals surface area contributed by atoms with Gasteiger partial charge in [0.1, 0.15) is 0 Å². The van der Waals surface area contributed by atoms with Crippen LogP contribution in [0.2, 0.25) is 0 Å². The van der Waals surface area contributed by atoms with Crippen LogP contribution in [0.3, 0.4) is 0 Å². The average molecular weight is 177 g/mol. The Morgan fingerprint density at radius 1 is 1.38 bits per heavy atom. The highest BCUT2D eigenvalue weighted by molar-refractivity contribution is 5.76. The first-order valence-electron chi connectivity index (χ1n) is 3.60. The maximum Gasteiger partial charge on any atom is 0.334 e. The predicted octanol–water partition coefficient (Wildman–Crippen LogP) is 1.15. The van der Waals surface area contributed by atoms with Crippen molar-refractivity contribution in [3.63, 3.8) is 0 Å². The van der Waals surface area contributed by atoms with Crippen molar-refractivity contribution >= 4 is 12.0 Å². The lowest BCUT2D eigenvalue weighted by Gasteiger charge is -2.03. The van der Waals surface area contributed by atoms with Gasteiger partial charge in [-0.15, -0.1) is 0 Å². The number of carbonyl (C=O) groups is 1. The fraction of sp³-hybridized carbons (Fsp3) is 0.111. The molecule has 0 aliphatic rings. The molecule has 0 unspecified atom stereocenters. The monoisotopic (exact) mass is 177 g/mol. The minimum Gasteiger partial charge on any atom is -0.479 e. The molecule has 4 heteroatoms. The van der Waals surface area contributed by atoms with E-state index in [2.05, 4.69) is 4.99 Å². The van der Waals surface area contributed by atoms with Gasteiger partial charge >= 0.3 is 5.97 Å². The lowest BCUT2D eigenvalue weighted by atomic mass is 10.1. The van der Waals surface area contributed by atoms with Gasteiger partial charge in [0, 0.05) is 0 Å². The zero-order valence-electron chi connectivity index (χ0n) is 6.68. The van der Waals surface area contributed by atoms with Crippen LogP contribution < -0.4 is 0 Å². The van der Waals surface area contributed by atoms with Crippen molar-refractivity contribution in [3.8, 4) is 0 Å². The molecule has 0 spiro atoms. The van der Waals surface area contributed by atoms with Gasteiger partial charge in [-0.25, -0.2) is 9.59 Å². The fourth-order valence-corrected chi connectivity index (χ4v) is 0.960. The van der Waals surface area contributed by atoms with Gasteiger partial charge < -0.3 is 5.11 Å². The van der Waals surface area contributed by atoms with E-state index in [0.29, 0.717) is 5.56 Å². The SMILES string of the molecule is O=C=N[C@H](C(=O)O)c1ccccc1. The van der Waals surface area contributed by atoms with Crippen molar-refractivity contribution in [2.24, 2.45) is 4.99 Å². The molecule has 1 aromatic rings. The third-order valence-corrected chi connectivity index (χ3v) is 1.53. The molecule has 0 heterocycles. The number of nitrogens with zero attached hydrogens (tertiary/aromatic N) is 1. The minimum atomic E-state index is -1.16. The Morgan fingerprint density at radius 2 is 2.00 bits per heavy atom. The highest BCUT2D eigenvalue weighted by atomic mass is 16.4. The highest BCUT2D eigenvalue weighted by Gasteiger charge is 2.17. The standard InChI is InChI=1S/C9H7NO3/c11-6-10-8(9(12)13)7-4-2-1-3-5-7/h1-5,8H,(H,12,13)/t8-/m0/s1. The van der Waals surface area contributed by atoms with Gasteiger partial charge in [-0.1, -0.05) is 30.3 Å². The van der Waals surface area contributed by atoms with Crippen LogP contribution in [0.1, 0.15) is 11.6 Å². The molecule has 0 saturated heterocycles. The number of hydrogen-bond acceptors (Lipinski definition) is 3. The summed E-state index contributed by atoms with van der Waals surface area (Å²) < 4.78 is 0. The van der Waals surface area contributed by atoms with E-state index < -0.39 is 12.0 Å². The Hall–Kier alpha value is -1.93. The molecule has 0 aliphatic carbocycles. The molecule has 66 valence electrons. The summed E-state index contributed by atoms with van der Waals surface area (Å²) in [5, 5.41) is 8.69. The number of benzene rings is 1. The van der Waals surface area contributed by atoms with Crippen LogP contribution in [0.15, 0.2) is 35.3 Å². The summed E-state index contributed by atoms with van der Waals surface area (Å²) in [5.74, 6) is -1.16. The number of rotatable bonds is 3. The van der Waals surface area contributed by atoms with Gasteiger partial charge in [0.15, 0.2) is 6.04 Å². The second-order valence-electron chi connectivity index (χ2n) is 2.37. The van der Waals surface area contributed by atoms with Gasteiger partial charge in [-0.3, -0.25) is 0 Å². The van der Waals surface area contributed by atoms with E-state index >= 15 is 0 Å². The number of carboxylic acid groups (broad SMARTS) is 1. The van der Waals surface area contributed by atoms with E-state index in [-0.39, 0.29) is 0 Å². The van der Waals surface area contributed by atoms with Gasteiger partial charge in [-0.2, -0.15) is 4.99 Å². The smallest absolute Gasteiger partial charge is 0.334 e. The second-order valence-corrected chi connectivity index (χ2v) is 2.37. The Kier molecular flexibility index (Phi) is 2.95. The van der Waals surface area contributed by atoms with Gasteiger partial charge in [-0.05, 0) is 5.56 Å². The first kappa shape index (κ1) is 9.16. The van der Waals surface area contributed by atoms with Crippen molar-refractivity contribution in [1.29, 1.82) is 0 Å². The predicted molar refractivity (Wildman–Crippen MR) is 44.9 cm³/mol. The van der Waals surface area contributed by atoms with E-state index in [9.17, 15) is 9.59 Å². The molecule has 0 aromatic heterocycles. The summed E-state index contributed by atoms with van der Waals surface area (Å²) >= 11 is 0. The van der Waals surface area contributed by atoms with E-state index in [4.69, 9.17) is 5.11 Å². The summed E-state index contributed by atoms with van der Waals surface area (Å²) in [5.41, 5.74) is 0.471. The number of aliphatic imine (C=N–C) groups is 1. The Labute approximate surface area is 74.5 Å². The molecule has 0 bridgehead atoms. The van der Waals surface area contributed by atoms with Crippen LogP contribution in [0, 0.1) is 0 Å². The topological polar surface area (TPSA) is 66.7 Å². The van der Waals surface area contributed by atoms with Crippen LogP contribution in [-0.4, -0.2) is 17.2 Å². The van der Waals surface area contributed by atoms with Crippen LogP contribution >= 0.6 is 0 Å². The summed E-state index contributed by atoms with van der Waals surface area (Å²) in [6, 6.07) is 7.18. The van der Waals surface area contributed by atoms with E-state index in [1.165, 1.54) is 6.08 Å². The quantitative estimate of drug-likeness (QED) is 0.556. The molecule has 1 rings (SSSR count). The van der Waals surface area contributed by atoms with Gasteiger partial charge in [0.2, 0.25) is 6.08 Å². The van der Waals surface area contributed by atoms with Crippen LogP contribution in [0.25, 0.3) is 0 Å². The number of carboxylic acids is 1. The second kappa shape index (κ2) is 4.18. The lowest BCUT2D eigenvalue weighted by Crippen LogP contribution is -2.08. The Bertz CT molecular complexity index is 339. The summed E-state index contributed by atoms with van der Waals surface area (Å²) in [6.45, 7) is 0. The summed E-state index contributed by atoms with van der Waals surface area (Å²) in [7, 11) is 0. The largest absolute Gasteiger partial charge is 0.479 e. The zero-order chi connectivity index (χ0) is 9.68. The fourth-order valence-electron chi connectivity index (χ4n) is 0.960. The number of aliphatic carboxylic acids is 1. The molecular formula is C9H7NO3. The number of isocyanates is 1. The summed E-state index contributed by atoms with van der Waals surface area (Å²) in [6.07, 6.45) is 1.24. The van der Waals surface area contributed by atoms with Crippen LogP contribution in [-0.2, 0) is 9.59 Å². The maximum absolute atomic E-state index is 10.6. The van der Waals surface area contributed by atoms with Gasteiger partial charge in [0.05, 0.1) is 0 Å². The molecule has 0 saturated carbocycles. The molecule has 0 fully saturated rings. The first-order valence-corrected chi connectivity index (χ1v) is 3.60. The molecule has 0 radical (unpaired) electrons. The summed E-state index contributed by atoms with van der Waals surface area (Å²) in [4.78, 5) is 23.7. The van der Waals surface area contributed by atoms with Crippen LogP contribution in [0.5, 0.6) is 0 Å². The zero-order valence-corrected chi connectivity index (χ0v) is 6.68.